The van der Waals surface area contributed by atoms with E-state index in [2.05, 4.69) is 62.4 Å². The Hall–Kier alpha value is -2.55. The van der Waals surface area contributed by atoms with Gasteiger partial charge in [-0.3, -0.25) is 14.2 Å². The van der Waals surface area contributed by atoms with Crippen molar-refractivity contribution in [3.63, 3.8) is 0 Å². The standard InChI is InChI=1S/C44H72NO8P/c1-6-8-10-14-20-38-26-30-40(31-27-38)22-16-12-18-24-43(46)50-36-42(37-52-54(48,49)51-35-34-45(3,4)5)53-44(47)25-19-13-17-23-41-32-28-39(29-33-41)21-15-11-9-7-2/h26-33,42H,6-25,34-37H2,1-5H3/t42-/m1/s1. The second kappa shape index (κ2) is 27.9. The molecule has 9 nitrogen and oxygen atoms in total. The summed E-state index contributed by atoms with van der Waals surface area (Å²) in [5.41, 5.74) is 5.36. The SMILES string of the molecule is CCCCCCc1ccc(CCCCCC(=O)OC[C@H](COP(=O)([O-])OCC[N+](C)(C)C)OC(=O)CCCCCc2ccc(CCCCCC)cc2)cc1. The summed E-state index contributed by atoms with van der Waals surface area (Å²) in [6.07, 6.45) is 18.6. The van der Waals surface area contributed by atoms with Crippen LogP contribution in [0.1, 0.15) is 139 Å². The minimum absolute atomic E-state index is 0.0443. The fourth-order valence-corrected chi connectivity index (χ4v) is 6.79. The Morgan fingerprint density at radius 3 is 1.41 bits per heavy atom. The lowest BCUT2D eigenvalue weighted by molar-refractivity contribution is -0.870. The van der Waals surface area contributed by atoms with Gasteiger partial charge in [-0.05, 0) is 86.5 Å². The van der Waals surface area contributed by atoms with E-state index in [-0.39, 0.29) is 26.1 Å². The molecule has 0 bridgehead atoms. The number of esters is 2. The van der Waals surface area contributed by atoms with Gasteiger partial charge in [-0.25, -0.2) is 0 Å². The van der Waals surface area contributed by atoms with Crippen LogP contribution in [0.5, 0.6) is 0 Å². The Balaban J connectivity index is 1.74. The molecule has 0 fully saturated rings. The third kappa shape index (κ3) is 24.8. The van der Waals surface area contributed by atoms with Gasteiger partial charge >= 0.3 is 11.9 Å². The van der Waals surface area contributed by atoms with Gasteiger partial charge in [-0.15, -0.1) is 0 Å². The largest absolute Gasteiger partial charge is 0.756 e. The first-order valence-corrected chi connectivity index (χ1v) is 22.3. The predicted molar refractivity (Wildman–Crippen MR) is 216 cm³/mol. The molecule has 2 rings (SSSR count). The van der Waals surface area contributed by atoms with Gasteiger partial charge in [0.25, 0.3) is 7.82 Å². The molecule has 10 heteroatoms. The van der Waals surface area contributed by atoms with Crippen molar-refractivity contribution in [1.29, 1.82) is 0 Å². The number of rotatable bonds is 32. The van der Waals surface area contributed by atoms with Crippen molar-refractivity contribution in [2.24, 2.45) is 0 Å². The van der Waals surface area contributed by atoms with Crippen LogP contribution in [0.3, 0.4) is 0 Å². The number of hydrogen-bond acceptors (Lipinski definition) is 8. The van der Waals surface area contributed by atoms with Crippen LogP contribution in [-0.4, -0.2) is 70.0 Å². The number of aryl methyl sites for hydroxylation is 4. The quantitative estimate of drug-likeness (QED) is 0.0313. The number of carbonyl (C=O) groups is 2. The van der Waals surface area contributed by atoms with Crippen molar-refractivity contribution in [3.05, 3.63) is 70.8 Å². The summed E-state index contributed by atoms with van der Waals surface area (Å²) >= 11 is 0. The van der Waals surface area contributed by atoms with Crippen LogP contribution in [0.4, 0.5) is 0 Å². The normalized spacial score (nSPS) is 13.4. The number of benzene rings is 2. The molecular weight excluding hydrogens is 701 g/mol. The number of phosphoric acid groups is 1. The van der Waals surface area contributed by atoms with Crippen molar-refractivity contribution >= 4 is 19.8 Å². The lowest BCUT2D eigenvalue weighted by Crippen LogP contribution is -2.37. The van der Waals surface area contributed by atoms with E-state index in [9.17, 15) is 19.0 Å². The lowest BCUT2D eigenvalue weighted by atomic mass is 10.0. The van der Waals surface area contributed by atoms with Gasteiger partial charge in [0.1, 0.15) is 19.8 Å². The number of phosphoric ester groups is 1. The summed E-state index contributed by atoms with van der Waals surface area (Å²) in [4.78, 5) is 37.7. The van der Waals surface area contributed by atoms with Crippen LogP contribution >= 0.6 is 7.82 Å². The van der Waals surface area contributed by atoms with Gasteiger partial charge in [-0.1, -0.05) is 114 Å². The van der Waals surface area contributed by atoms with Crippen LogP contribution in [0.2, 0.25) is 0 Å². The van der Waals surface area contributed by atoms with E-state index < -0.39 is 32.5 Å². The van der Waals surface area contributed by atoms with Crippen molar-refractivity contribution in [2.75, 3.05) is 47.5 Å². The van der Waals surface area contributed by atoms with Crippen LogP contribution < -0.4 is 4.89 Å². The van der Waals surface area contributed by atoms with E-state index in [1.54, 1.807) is 0 Å². The Kier molecular flexibility index (Phi) is 24.6. The fraction of sp³-hybridized carbons (Fsp3) is 0.682. The van der Waals surface area contributed by atoms with E-state index in [4.69, 9.17) is 18.5 Å². The fourth-order valence-electron chi connectivity index (χ4n) is 6.06. The Labute approximate surface area is 327 Å². The summed E-state index contributed by atoms with van der Waals surface area (Å²) in [6.45, 7) is 4.09. The van der Waals surface area contributed by atoms with Crippen molar-refractivity contribution in [3.8, 4) is 0 Å². The topological polar surface area (TPSA) is 111 Å². The summed E-state index contributed by atoms with van der Waals surface area (Å²) in [5, 5.41) is 0. The minimum Gasteiger partial charge on any atom is -0.756 e. The second-order valence-electron chi connectivity index (χ2n) is 15.8. The number of hydrogen-bond donors (Lipinski definition) is 0. The monoisotopic (exact) mass is 773 g/mol. The molecule has 2 aromatic rings. The molecule has 2 aromatic carbocycles. The van der Waals surface area contributed by atoms with Gasteiger partial charge < -0.3 is 27.9 Å². The van der Waals surface area contributed by atoms with Crippen molar-refractivity contribution in [1.82, 2.24) is 0 Å². The lowest BCUT2D eigenvalue weighted by Gasteiger charge is -2.28. The van der Waals surface area contributed by atoms with E-state index in [1.807, 2.05) is 21.1 Å². The Morgan fingerprint density at radius 1 is 0.593 bits per heavy atom. The first-order chi connectivity index (χ1) is 25.9. The zero-order chi connectivity index (χ0) is 39.5. The number of likely N-dealkylation sites (N-methyl/N-ethyl adjacent to an activating group) is 1. The number of carbonyl (C=O) groups excluding carboxylic acids is 2. The molecule has 0 saturated carbocycles. The second-order valence-corrected chi connectivity index (χ2v) is 17.2. The molecule has 0 heterocycles. The maximum atomic E-state index is 12.8. The molecule has 306 valence electrons. The van der Waals surface area contributed by atoms with E-state index in [1.165, 1.54) is 73.6 Å². The zero-order valence-corrected chi connectivity index (χ0v) is 35.2. The highest BCUT2D eigenvalue weighted by molar-refractivity contribution is 7.45. The molecule has 2 atom stereocenters. The molecule has 1 unspecified atom stereocenters. The average Bonchev–Trinajstić information content (AvgIpc) is 3.13. The average molecular weight is 774 g/mol. The third-order valence-electron chi connectivity index (χ3n) is 9.54. The maximum Gasteiger partial charge on any atom is 0.306 e. The van der Waals surface area contributed by atoms with Gasteiger partial charge in [0.05, 0.1) is 27.7 Å². The van der Waals surface area contributed by atoms with Crippen LogP contribution in [0.15, 0.2) is 48.5 Å². The molecule has 0 aliphatic rings. The molecule has 0 aliphatic carbocycles. The van der Waals surface area contributed by atoms with Crippen molar-refractivity contribution < 1.29 is 42.1 Å². The molecule has 0 radical (unpaired) electrons. The van der Waals surface area contributed by atoms with Crippen LogP contribution in [0.25, 0.3) is 0 Å². The Bertz CT molecular complexity index is 1330. The molecule has 54 heavy (non-hydrogen) atoms. The summed E-state index contributed by atoms with van der Waals surface area (Å²) in [5.74, 6) is -0.902. The number of unbranched alkanes of at least 4 members (excludes halogenated alkanes) is 10. The predicted octanol–water partition coefficient (Wildman–Crippen LogP) is 9.50. The molecule has 0 amide bonds. The van der Waals surface area contributed by atoms with Gasteiger partial charge in [-0.2, -0.15) is 0 Å². The zero-order valence-electron chi connectivity index (χ0n) is 34.3. The van der Waals surface area contributed by atoms with E-state index >= 15 is 0 Å². The summed E-state index contributed by atoms with van der Waals surface area (Å²) in [6, 6.07) is 17.7. The maximum absolute atomic E-state index is 12.8. The molecular formula is C44H72NO8P. The number of quaternary nitrogens is 1. The minimum atomic E-state index is -4.65. The highest BCUT2D eigenvalue weighted by atomic mass is 31.2. The summed E-state index contributed by atoms with van der Waals surface area (Å²) < 4.78 is 34.0. The van der Waals surface area contributed by atoms with E-state index in [0.29, 0.717) is 23.9 Å². The van der Waals surface area contributed by atoms with Gasteiger partial charge in [0.2, 0.25) is 0 Å². The molecule has 0 aliphatic heterocycles. The van der Waals surface area contributed by atoms with Gasteiger partial charge in [0.15, 0.2) is 6.10 Å². The number of nitrogens with zero attached hydrogens (tertiary/aromatic N) is 1. The first kappa shape index (κ1) is 47.6. The van der Waals surface area contributed by atoms with E-state index in [0.717, 1.165) is 51.4 Å². The number of ether oxygens (including phenoxy) is 2. The van der Waals surface area contributed by atoms with Crippen LogP contribution in [0, 0.1) is 0 Å². The highest BCUT2D eigenvalue weighted by Crippen LogP contribution is 2.38. The molecule has 0 aromatic heterocycles. The molecule has 0 spiro atoms. The smallest absolute Gasteiger partial charge is 0.306 e. The van der Waals surface area contributed by atoms with Crippen molar-refractivity contribution in [2.45, 2.75) is 148 Å². The van der Waals surface area contributed by atoms with Gasteiger partial charge in [0, 0.05) is 12.8 Å². The first-order valence-electron chi connectivity index (χ1n) is 20.8. The Morgan fingerprint density at radius 2 is 1.00 bits per heavy atom. The molecule has 0 saturated heterocycles. The summed E-state index contributed by atoms with van der Waals surface area (Å²) in [7, 11) is 1.12. The third-order valence-corrected chi connectivity index (χ3v) is 10.5. The molecule has 0 N–H and O–H groups in total. The highest BCUT2D eigenvalue weighted by Gasteiger charge is 2.21. The van der Waals surface area contributed by atoms with Crippen LogP contribution in [-0.2, 0) is 58.4 Å².